The smallest absolute Gasteiger partial charge is 0.0367 e. The number of hydrogen-bond acceptors (Lipinski definition) is 1. The minimum atomic E-state index is 1.24. The van der Waals surface area contributed by atoms with Gasteiger partial charge in [-0.1, -0.05) is 30.3 Å². The van der Waals surface area contributed by atoms with Crippen LogP contribution in [-0.4, -0.2) is 14.1 Å². The maximum absolute atomic E-state index is 2.24. The van der Waals surface area contributed by atoms with Crippen LogP contribution in [0.1, 0.15) is 11.1 Å². The van der Waals surface area contributed by atoms with Crippen LogP contribution in [0.25, 0.3) is 11.1 Å². The Hall–Kier alpha value is -1.76. The SMILES string of the molecule is Cc1cccc(-c2cccc(N(C)C)c2)c1C. The molecule has 0 spiro atoms. The molecule has 0 aliphatic heterocycles. The van der Waals surface area contributed by atoms with E-state index in [0.29, 0.717) is 0 Å². The maximum atomic E-state index is 2.24. The first kappa shape index (κ1) is 11.7. The van der Waals surface area contributed by atoms with Crippen LogP contribution in [0.5, 0.6) is 0 Å². The molecule has 88 valence electrons. The van der Waals surface area contributed by atoms with Gasteiger partial charge in [0.25, 0.3) is 0 Å². The van der Waals surface area contributed by atoms with Gasteiger partial charge in [0.2, 0.25) is 0 Å². The predicted octanol–water partition coefficient (Wildman–Crippen LogP) is 4.04. The minimum Gasteiger partial charge on any atom is -0.378 e. The number of benzene rings is 2. The summed E-state index contributed by atoms with van der Waals surface area (Å²) < 4.78 is 0. The first-order valence-corrected chi connectivity index (χ1v) is 5.93. The van der Waals surface area contributed by atoms with Gasteiger partial charge < -0.3 is 4.90 Å². The highest BCUT2D eigenvalue weighted by molar-refractivity contribution is 5.72. The van der Waals surface area contributed by atoms with E-state index in [1.54, 1.807) is 0 Å². The molecule has 0 radical (unpaired) electrons. The highest BCUT2D eigenvalue weighted by Gasteiger charge is 2.04. The second kappa shape index (κ2) is 4.62. The molecule has 1 heteroatoms. The Morgan fingerprint density at radius 3 is 2.29 bits per heavy atom. The Kier molecular flexibility index (Phi) is 3.19. The van der Waals surface area contributed by atoms with Gasteiger partial charge >= 0.3 is 0 Å². The van der Waals surface area contributed by atoms with Gasteiger partial charge in [0.15, 0.2) is 0 Å². The zero-order valence-corrected chi connectivity index (χ0v) is 11.0. The molecule has 0 bridgehead atoms. The molecule has 0 aromatic heterocycles. The van der Waals surface area contributed by atoms with Gasteiger partial charge in [0.05, 0.1) is 0 Å². The fraction of sp³-hybridized carbons (Fsp3) is 0.250. The van der Waals surface area contributed by atoms with Crippen molar-refractivity contribution in [1.82, 2.24) is 0 Å². The zero-order valence-electron chi connectivity index (χ0n) is 11.0. The summed E-state index contributed by atoms with van der Waals surface area (Å²) in [4.78, 5) is 2.13. The van der Waals surface area contributed by atoms with Crippen molar-refractivity contribution in [1.29, 1.82) is 0 Å². The van der Waals surface area contributed by atoms with Crippen LogP contribution in [0.15, 0.2) is 42.5 Å². The quantitative estimate of drug-likeness (QED) is 0.745. The molecule has 0 heterocycles. The summed E-state index contributed by atoms with van der Waals surface area (Å²) in [6, 6.07) is 15.1. The molecule has 2 aromatic carbocycles. The van der Waals surface area contributed by atoms with Crippen LogP contribution >= 0.6 is 0 Å². The molecule has 0 amide bonds. The lowest BCUT2D eigenvalue weighted by molar-refractivity contribution is 1.13. The summed E-state index contributed by atoms with van der Waals surface area (Å²) in [5.74, 6) is 0. The highest BCUT2D eigenvalue weighted by Crippen LogP contribution is 2.28. The van der Waals surface area contributed by atoms with Crippen molar-refractivity contribution in [2.75, 3.05) is 19.0 Å². The molecule has 0 saturated heterocycles. The van der Waals surface area contributed by atoms with E-state index in [9.17, 15) is 0 Å². The summed E-state index contributed by atoms with van der Waals surface area (Å²) in [6.07, 6.45) is 0. The van der Waals surface area contributed by atoms with Crippen molar-refractivity contribution < 1.29 is 0 Å². The molecule has 0 fully saturated rings. The second-order valence-corrected chi connectivity index (χ2v) is 4.69. The lowest BCUT2D eigenvalue weighted by atomic mass is 9.97. The predicted molar refractivity (Wildman–Crippen MR) is 75.7 cm³/mol. The Labute approximate surface area is 104 Å². The number of aryl methyl sites for hydroxylation is 1. The van der Waals surface area contributed by atoms with Crippen molar-refractivity contribution >= 4 is 5.69 Å². The molecule has 0 N–H and O–H groups in total. The second-order valence-electron chi connectivity index (χ2n) is 4.69. The molecule has 0 saturated carbocycles. The third kappa shape index (κ3) is 2.33. The number of nitrogens with zero attached hydrogens (tertiary/aromatic N) is 1. The van der Waals surface area contributed by atoms with Gasteiger partial charge in [-0.15, -0.1) is 0 Å². The van der Waals surface area contributed by atoms with Crippen molar-refractivity contribution in [3.8, 4) is 11.1 Å². The molecule has 2 rings (SSSR count). The first-order valence-electron chi connectivity index (χ1n) is 5.93. The minimum absolute atomic E-state index is 1.24. The van der Waals surface area contributed by atoms with Gasteiger partial charge in [-0.3, -0.25) is 0 Å². The molecule has 0 unspecified atom stereocenters. The van der Waals surface area contributed by atoms with Crippen LogP contribution in [0, 0.1) is 13.8 Å². The molecule has 17 heavy (non-hydrogen) atoms. The molecule has 0 aliphatic carbocycles. The molecular formula is C16H19N. The Morgan fingerprint density at radius 1 is 0.882 bits per heavy atom. The van der Waals surface area contributed by atoms with Gasteiger partial charge in [-0.2, -0.15) is 0 Å². The monoisotopic (exact) mass is 225 g/mol. The molecule has 0 atom stereocenters. The van der Waals surface area contributed by atoms with Crippen molar-refractivity contribution in [3.05, 3.63) is 53.6 Å². The van der Waals surface area contributed by atoms with E-state index in [1.807, 2.05) is 0 Å². The third-order valence-corrected chi connectivity index (χ3v) is 3.28. The summed E-state index contributed by atoms with van der Waals surface area (Å²) >= 11 is 0. The summed E-state index contributed by atoms with van der Waals surface area (Å²) in [5, 5.41) is 0. The molecule has 1 nitrogen and oxygen atoms in total. The fourth-order valence-corrected chi connectivity index (χ4v) is 2.02. The average Bonchev–Trinajstić information content (AvgIpc) is 2.33. The van der Waals surface area contributed by atoms with E-state index < -0.39 is 0 Å². The van der Waals surface area contributed by atoms with E-state index in [4.69, 9.17) is 0 Å². The van der Waals surface area contributed by atoms with Gasteiger partial charge in [0, 0.05) is 19.8 Å². The lowest BCUT2D eigenvalue weighted by Gasteiger charge is -2.15. The maximum Gasteiger partial charge on any atom is 0.0367 e. The highest BCUT2D eigenvalue weighted by atomic mass is 15.1. The average molecular weight is 225 g/mol. The molecule has 0 aliphatic rings. The van der Waals surface area contributed by atoms with Crippen LogP contribution in [-0.2, 0) is 0 Å². The summed E-state index contributed by atoms with van der Waals surface area (Å²) in [5.41, 5.74) is 6.57. The summed E-state index contributed by atoms with van der Waals surface area (Å²) in [7, 11) is 4.14. The normalized spacial score (nSPS) is 10.4. The molecule has 2 aromatic rings. The van der Waals surface area contributed by atoms with E-state index in [2.05, 4.69) is 75.3 Å². The summed E-state index contributed by atoms with van der Waals surface area (Å²) in [6.45, 7) is 4.35. The third-order valence-electron chi connectivity index (χ3n) is 3.28. The van der Waals surface area contributed by atoms with Crippen molar-refractivity contribution in [3.63, 3.8) is 0 Å². The van der Waals surface area contributed by atoms with Gasteiger partial charge in [-0.05, 0) is 48.2 Å². The Bertz CT molecular complexity index is 527. The standard InChI is InChI=1S/C16H19N/c1-12-7-5-10-16(13(12)2)14-8-6-9-15(11-14)17(3)4/h5-11H,1-4H3. The first-order chi connectivity index (χ1) is 8.09. The van der Waals surface area contributed by atoms with Crippen molar-refractivity contribution in [2.45, 2.75) is 13.8 Å². The number of rotatable bonds is 2. The van der Waals surface area contributed by atoms with E-state index in [-0.39, 0.29) is 0 Å². The topological polar surface area (TPSA) is 3.24 Å². The zero-order chi connectivity index (χ0) is 12.4. The number of anilines is 1. The fourth-order valence-electron chi connectivity index (χ4n) is 2.02. The van der Waals surface area contributed by atoms with Crippen LogP contribution in [0.4, 0.5) is 5.69 Å². The van der Waals surface area contributed by atoms with Crippen molar-refractivity contribution in [2.24, 2.45) is 0 Å². The van der Waals surface area contributed by atoms with E-state index >= 15 is 0 Å². The lowest BCUT2D eigenvalue weighted by Crippen LogP contribution is -2.08. The largest absolute Gasteiger partial charge is 0.378 e. The van der Waals surface area contributed by atoms with E-state index in [1.165, 1.54) is 27.9 Å². The molecular weight excluding hydrogens is 206 g/mol. The number of hydrogen-bond donors (Lipinski definition) is 0. The Balaban J connectivity index is 2.53. The van der Waals surface area contributed by atoms with E-state index in [0.717, 1.165) is 0 Å². The Morgan fingerprint density at radius 2 is 1.59 bits per heavy atom. The van der Waals surface area contributed by atoms with Crippen LogP contribution < -0.4 is 4.90 Å². The van der Waals surface area contributed by atoms with Gasteiger partial charge in [0.1, 0.15) is 0 Å². The van der Waals surface area contributed by atoms with Crippen LogP contribution in [0.3, 0.4) is 0 Å². The van der Waals surface area contributed by atoms with Gasteiger partial charge in [-0.25, -0.2) is 0 Å². The van der Waals surface area contributed by atoms with Crippen LogP contribution in [0.2, 0.25) is 0 Å².